The molecule has 0 aromatic heterocycles. The number of halogens is 2. The van der Waals surface area contributed by atoms with E-state index in [4.69, 9.17) is 18.2 Å². The lowest BCUT2D eigenvalue weighted by Crippen LogP contribution is -2.49. The Hall–Kier alpha value is -1.52. The van der Waals surface area contributed by atoms with Crippen LogP contribution < -0.4 is 0 Å². The average Bonchev–Trinajstić information content (AvgIpc) is 3.07. The van der Waals surface area contributed by atoms with Gasteiger partial charge in [-0.15, -0.1) is 0 Å². The Labute approximate surface area is 187 Å². The minimum absolute atomic E-state index is 0.147. The predicted octanol–water partition coefficient (Wildman–Crippen LogP) is 2.22. The maximum atomic E-state index is 13.1. The van der Waals surface area contributed by atoms with Crippen molar-refractivity contribution in [1.29, 1.82) is 0 Å². The number of aliphatic hydroxyl groups is 2. The fourth-order valence-electron chi connectivity index (χ4n) is 3.25. The summed E-state index contributed by atoms with van der Waals surface area (Å²) in [5.74, 6) is 0. The molecule has 8 nitrogen and oxygen atoms in total. The molecule has 0 radical (unpaired) electrons. The summed E-state index contributed by atoms with van der Waals surface area (Å²) in [6.45, 7) is 4.84. The molecule has 0 aliphatic carbocycles. The molecule has 2 atom stereocenters. The number of hydrogen-bond acceptors (Lipinski definition) is 6. The van der Waals surface area contributed by atoms with Crippen LogP contribution in [0.1, 0.15) is 0 Å². The molecule has 0 amide bonds. The van der Waals surface area contributed by atoms with Gasteiger partial charge in [0.05, 0.1) is 23.0 Å². The third kappa shape index (κ3) is 4.01. The Kier molecular flexibility index (Phi) is 6.33. The molecule has 1 saturated heterocycles. The van der Waals surface area contributed by atoms with E-state index in [9.17, 15) is 27.0 Å². The van der Waals surface area contributed by atoms with E-state index in [1.165, 1.54) is 42.5 Å². The van der Waals surface area contributed by atoms with Gasteiger partial charge in [0.25, 0.3) is 0 Å². The van der Waals surface area contributed by atoms with E-state index in [2.05, 4.69) is 20.8 Å². The van der Waals surface area contributed by atoms with E-state index < -0.39 is 50.4 Å². The molecule has 3 rings (SSSR count). The number of hydrogen-bond donors (Lipinski definition) is 2. The quantitative estimate of drug-likeness (QED) is 0.567. The van der Waals surface area contributed by atoms with E-state index in [1.807, 2.05) is 0 Å². The molecule has 2 N–H and O–H groups in total. The molecule has 0 unspecified atom stereocenters. The summed E-state index contributed by atoms with van der Waals surface area (Å²) >= 11 is 8.99. The van der Waals surface area contributed by atoms with Gasteiger partial charge in [-0.25, -0.2) is 21.7 Å². The van der Waals surface area contributed by atoms with Crippen molar-refractivity contribution in [1.82, 2.24) is 4.31 Å². The van der Waals surface area contributed by atoms with Crippen molar-refractivity contribution < 1.29 is 27.0 Å². The van der Waals surface area contributed by atoms with E-state index in [0.717, 1.165) is 4.31 Å². The van der Waals surface area contributed by atoms with E-state index in [-0.39, 0.29) is 20.0 Å². The first-order valence-electron chi connectivity index (χ1n) is 8.45. The maximum absolute atomic E-state index is 13.1. The van der Waals surface area contributed by atoms with Gasteiger partial charge in [0.1, 0.15) is 10.9 Å². The second kappa shape index (κ2) is 8.20. The summed E-state index contributed by atoms with van der Waals surface area (Å²) in [4.78, 5) is 2.86. The number of rotatable bonds is 5. The highest BCUT2D eigenvalue weighted by molar-refractivity contribution is 9.10. The molecule has 0 bridgehead atoms. The van der Waals surface area contributed by atoms with Gasteiger partial charge < -0.3 is 10.2 Å². The van der Waals surface area contributed by atoms with Gasteiger partial charge in [-0.1, -0.05) is 35.9 Å². The van der Waals surface area contributed by atoms with Crippen LogP contribution in [0.4, 0.5) is 5.69 Å². The Balaban J connectivity index is 2.02. The first kappa shape index (κ1) is 23.1. The van der Waals surface area contributed by atoms with Gasteiger partial charge in [0.2, 0.25) is 10.0 Å². The summed E-state index contributed by atoms with van der Waals surface area (Å²) in [7, 11) is -8.43. The molecule has 0 spiro atoms. The smallest absolute Gasteiger partial charge is 0.244 e. The molecular weight excluding hydrogens is 520 g/mol. The first-order valence-corrected chi connectivity index (χ1v) is 12.6. The summed E-state index contributed by atoms with van der Waals surface area (Å²) in [6.07, 6.45) is 0. The van der Waals surface area contributed by atoms with Crippen LogP contribution in [0, 0.1) is 6.57 Å². The topological polar surface area (TPSA) is 116 Å². The lowest BCUT2D eigenvalue weighted by Gasteiger charge is -2.26. The molecular formula is C18H16BrClN2O6S2. The Morgan fingerprint density at radius 3 is 2.37 bits per heavy atom. The van der Waals surface area contributed by atoms with E-state index >= 15 is 0 Å². The SMILES string of the molecule is [C-]#[N+]c1ccc(S(=O)(=O)[C@H]2CN(S(=O)(=O)c3ccc(Cl)cc3Br)C[C@@]2(O)CO)cc1. The lowest BCUT2D eigenvalue weighted by molar-refractivity contribution is 0.00160. The van der Waals surface area contributed by atoms with Crippen LogP contribution in [0.3, 0.4) is 0 Å². The highest BCUT2D eigenvalue weighted by Crippen LogP contribution is 2.36. The molecule has 1 aliphatic rings. The third-order valence-corrected chi connectivity index (χ3v) is 10.2. The number of nitrogens with zero attached hydrogens (tertiary/aromatic N) is 2. The minimum atomic E-state index is -4.23. The van der Waals surface area contributed by atoms with Crippen molar-refractivity contribution in [2.45, 2.75) is 20.6 Å². The number of aliphatic hydroxyl groups excluding tert-OH is 1. The second-order valence-corrected chi connectivity index (χ2v) is 12.1. The normalized spacial score (nSPS) is 22.7. The van der Waals surface area contributed by atoms with Crippen molar-refractivity contribution in [3.63, 3.8) is 0 Å². The molecule has 2 aromatic rings. The standard InChI is InChI=1S/C18H16BrClN2O6S2/c1-21-13-3-5-14(6-4-13)29(25,26)17-9-22(10-18(17,24)11-23)30(27,28)16-7-2-12(20)8-15(16)19/h2-8,17,23-24H,9-11H2/t17-,18+/m0/s1. The van der Waals surface area contributed by atoms with Crippen LogP contribution in [0.25, 0.3) is 4.85 Å². The number of benzene rings is 2. The van der Waals surface area contributed by atoms with Crippen LogP contribution >= 0.6 is 27.5 Å². The number of sulfone groups is 1. The summed E-state index contributed by atoms with van der Waals surface area (Å²) in [5, 5.41) is 19.3. The van der Waals surface area contributed by atoms with Crippen molar-refractivity contribution in [2.24, 2.45) is 0 Å². The summed E-state index contributed by atoms with van der Waals surface area (Å²) < 4.78 is 53.5. The monoisotopic (exact) mass is 534 g/mol. The highest BCUT2D eigenvalue weighted by Gasteiger charge is 2.55. The van der Waals surface area contributed by atoms with Gasteiger partial charge in [-0.05, 0) is 34.1 Å². The molecule has 12 heteroatoms. The van der Waals surface area contributed by atoms with Gasteiger partial charge in [-0.2, -0.15) is 4.31 Å². The fraction of sp³-hybridized carbons (Fsp3) is 0.278. The zero-order valence-corrected chi connectivity index (χ0v) is 19.2. The Morgan fingerprint density at radius 2 is 1.83 bits per heavy atom. The zero-order valence-electron chi connectivity index (χ0n) is 15.2. The van der Waals surface area contributed by atoms with Crippen molar-refractivity contribution >= 4 is 53.1 Å². The molecule has 2 aromatic carbocycles. The van der Waals surface area contributed by atoms with Crippen LogP contribution in [0.15, 0.2) is 56.7 Å². The summed E-state index contributed by atoms with van der Waals surface area (Å²) in [6, 6.07) is 9.08. The maximum Gasteiger partial charge on any atom is 0.244 e. The minimum Gasteiger partial charge on any atom is -0.393 e. The Morgan fingerprint density at radius 1 is 1.20 bits per heavy atom. The first-order chi connectivity index (χ1) is 14.0. The molecule has 160 valence electrons. The van der Waals surface area contributed by atoms with Gasteiger partial charge in [-0.3, -0.25) is 0 Å². The Bertz CT molecular complexity index is 1230. The molecule has 1 heterocycles. The highest BCUT2D eigenvalue weighted by atomic mass is 79.9. The zero-order chi connectivity index (χ0) is 22.3. The number of β-amino-alcohol motifs (C(OH)–C–C–N with tert-alkyl or cyclic N) is 1. The lowest BCUT2D eigenvalue weighted by atomic mass is 10.1. The van der Waals surface area contributed by atoms with Crippen LogP contribution in [0.2, 0.25) is 5.02 Å². The van der Waals surface area contributed by atoms with Gasteiger partial charge in [0.15, 0.2) is 15.5 Å². The van der Waals surface area contributed by atoms with Crippen LogP contribution in [0.5, 0.6) is 0 Å². The van der Waals surface area contributed by atoms with Crippen molar-refractivity contribution in [3.8, 4) is 0 Å². The number of sulfonamides is 1. The molecule has 1 aliphatic heterocycles. The van der Waals surface area contributed by atoms with Crippen LogP contribution in [-0.2, 0) is 19.9 Å². The van der Waals surface area contributed by atoms with Crippen LogP contribution in [-0.4, -0.2) is 61.9 Å². The molecule has 30 heavy (non-hydrogen) atoms. The third-order valence-electron chi connectivity index (χ3n) is 4.87. The summed E-state index contributed by atoms with van der Waals surface area (Å²) in [5.41, 5.74) is -1.97. The fourth-order valence-corrected chi connectivity index (χ4v) is 8.15. The van der Waals surface area contributed by atoms with Gasteiger partial charge in [0, 0.05) is 22.6 Å². The van der Waals surface area contributed by atoms with Crippen molar-refractivity contribution in [2.75, 3.05) is 19.7 Å². The van der Waals surface area contributed by atoms with E-state index in [1.54, 1.807) is 0 Å². The molecule has 0 saturated carbocycles. The second-order valence-electron chi connectivity index (χ2n) is 6.77. The predicted molar refractivity (Wildman–Crippen MR) is 114 cm³/mol. The average molecular weight is 536 g/mol. The van der Waals surface area contributed by atoms with Gasteiger partial charge >= 0.3 is 0 Å². The molecule has 1 fully saturated rings. The van der Waals surface area contributed by atoms with Crippen molar-refractivity contribution in [3.05, 3.63) is 63.4 Å². The van der Waals surface area contributed by atoms with E-state index in [0.29, 0.717) is 5.02 Å². The largest absolute Gasteiger partial charge is 0.393 e.